The second-order valence-corrected chi connectivity index (χ2v) is 4.98. The molecular weight excluding hydrogens is 242 g/mol. The van der Waals surface area contributed by atoms with E-state index >= 15 is 0 Å². The van der Waals surface area contributed by atoms with Gasteiger partial charge >= 0.3 is 0 Å². The number of nitrogens with zero attached hydrogens (tertiary/aromatic N) is 3. The fourth-order valence-electron chi connectivity index (χ4n) is 1.43. The van der Waals surface area contributed by atoms with Gasteiger partial charge in [0.1, 0.15) is 4.32 Å². The lowest BCUT2D eigenvalue weighted by Gasteiger charge is -2.09. The number of carbonyl (C=O) groups excluding carboxylic acids is 1. The Morgan fingerprint density at radius 2 is 2.38 bits per heavy atom. The van der Waals surface area contributed by atoms with Crippen LogP contribution in [0.1, 0.15) is 12.6 Å². The number of likely N-dealkylation sites (N-methyl/N-ethyl adjacent to an activating group) is 1. The second kappa shape index (κ2) is 4.39. The Balaban J connectivity index is 2.31. The number of carbonyl (C=O) groups is 1. The zero-order valence-electron chi connectivity index (χ0n) is 9.01. The highest BCUT2D eigenvalue weighted by Gasteiger charge is 2.30. The van der Waals surface area contributed by atoms with Crippen molar-refractivity contribution >= 4 is 40.3 Å². The molecule has 0 aliphatic carbocycles. The summed E-state index contributed by atoms with van der Waals surface area (Å²) in [5.74, 6) is -0.0151. The van der Waals surface area contributed by atoms with Crippen molar-refractivity contribution in [3.63, 3.8) is 0 Å². The summed E-state index contributed by atoms with van der Waals surface area (Å²) < 4.78 is 2.35. The number of hydrogen-bond donors (Lipinski definition) is 0. The topological polar surface area (TPSA) is 38.1 Å². The molecule has 1 aliphatic heterocycles. The van der Waals surface area contributed by atoms with E-state index in [1.165, 1.54) is 11.8 Å². The summed E-state index contributed by atoms with van der Waals surface area (Å²) in [7, 11) is 1.84. The van der Waals surface area contributed by atoms with Gasteiger partial charge in [0.15, 0.2) is 0 Å². The van der Waals surface area contributed by atoms with Gasteiger partial charge in [0, 0.05) is 19.8 Å². The molecule has 0 atom stereocenters. The summed E-state index contributed by atoms with van der Waals surface area (Å²) >= 11 is 6.47. The average Bonchev–Trinajstić information content (AvgIpc) is 2.74. The Morgan fingerprint density at radius 1 is 1.62 bits per heavy atom. The lowest BCUT2D eigenvalue weighted by Crippen LogP contribution is -2.27. The molecule has 1 aliphatic rings. The number of rotatable bonds is 2. The third kappa shape index (κ3) is 1.90. The van der Waals surface area contributed by atoms with Crippen molar-refractivity contribution in [2.45, 2.75) is 6.92 Å². The van der Waals surface area contributed by atoms with Gasteiger partial charge < -0.3 is 0 Å². The highest BCUT2D eigenvalue weighted by molar-refractivity contribution is 8.26. The third-order valence-electron chi connectivity index (χ3n) is 2.33. The first-order chi connectivity index (χ1) is 7.63. The Morgan fingerprint density at radius 3 is 2.88 bits per heavy atom. The summed E-state index contributed by atoms with van der Waals surface area (Å²) in [5, 5.41) is 4.05. The maximum absolute atomic E-state index is 11.9. The summed E-state index contributed by atoms with van der Waals surface area (Å²) in [6, 6.07) is 1.86. The van der Waals surface area contributed by atoms with E-state index in [0.29, 0.717) is 15.8 Å². The number of hydrogen-bond acceptors (Lipinski definition) is 4. The van der Waals surface area contributed by atoms with Gasteiger partial charge in [-0.25, -0.2) is 0 Å². The van der Waals surface area contributed by atoms with Crippen molar-refractivity contribution in [2.75, 3.05) is 6.54 Å². The monoisotopic (exact) mass is 253 g/mol. The zero-order chi connectivity index (χ0) is 11.7. The SMILES string of the molecule is CCN1C(=O)/C(=C\c2ccnn2C)SC1=S. The van der Waals surface area contributed by atoms with Gasteiger partial charge in [0.2, 0.25) is 0 Å². The van der Waals surface area contributed by atoms with Crippen LogP contribution < -0.4 is 0 Å². The molecule has 2 rings (SSSR count). The van der Waals surface area contributed by atoms with Gasteiger partial charge in [0.05, 0.1) is 10.6 Å². The van der Waals surface area contributed by atoms with Crippen LogP contribution in [-0.4, -0.2) is 31.5 Å². The molecule has 16 heavy (non-hydrogen) atoms. The van der Waals surface area contributed by atoms with E-state index in [9.17, 15) is 4.79 Å². The average molecular weight is 253 g/mol. The lowest BCUT2D eigenvalue weighted by atomic mass is 10.3. The number of thiocarbonyl (C=S) groups is 1. The van der Waals surface area contributed by atoms with Crippen LogP contribution in [-0.2, 0) is 11.8 Å². The maximum Gasteiger partial charge on any atom is 0.266 e. The minimum atomic E-state index is -0.0151. The van der Waals surface area contributed by atoms with Crippen molar-refractivity contribution < 1.29 is 4.79 Å². The molecule has 1 aromatic heterocycles. The van der Waals surface area contributed by atoms with Crippen molar-refractivity contribution in [3.05, 3.63) is 22.9 Å². The Kier molecular flexibility index (Phi) is 3.11. The fourth-order valence-corrected chi connectivity index (χ4v) is 2.80. The highest BCUT2D eigenvalue weighted by Crippen LogP contribution is 2.31. The van der Waals surface area contributed by atoms with E-state index in [1.807, 2.05) is 26.1 Å². The van der Waals surface area contributed by atoms with E-state index in [-0.39, 0.29) is 5.91 Å². The van der Waals surface area contributed by atoms with E-state index in [1.54, 1.807) is 15.8 Å². The van der Waals surface area contributed by atoms with Crippen LogP contribution >= 0.6 is 24.0 Å². The molecule has 0 radical (unpaired) electrons. The van der Waals surface area contributed by atoms with Crippen LogP contribution in [0.25, 0.3) is 6.08 Å². The molecule has 0 N–H and O–H groups in total. The van der Waals surface area contributed by atoms with Crippen LogP contribution in [0.4, 0.5) is 0 Å². The summed E-state index contributed by atoms with van der Waals surface area (Å²) in [6.45, 7) is 2.53. The maximum atomic E-state index is 11.9. The van der Waals surface area contributed by atoms with Gasteiger partial charge in [-0.2, -0.15) is 5.10 Å². The molecule has 1 saturated heterocycles. The molecule has 0 saturated carbocycles. The number of aryl methyl sites for hydroxylation is 1. The predicted molar refractivity (Wildman–Crippen MR) is 68.8 cm³/mol. The zero-order valence-corrected chi connectivity index (χ0v) is 10.6. The molecule has 1 aromatic rings. The smallest absolute Gasteiger partial charge is 0.266 e. The molecule has 0 unspecified atom stereocenters. The van der Waals surface area contributed by atoms with E-state index in [2.05, 4.69) is 5.10 Å². The number of aromatic nitrogens is 2. The standard InChI is InChI=1S/C10H11N3OS2/c1-3-13-9(14)8(16-10(13)15)6-7-4-5-11-12(7)2/h4-6H,3H2,1-2H3/b8-6+. The van der Waals surface area contributed by atoms with Gasteiger partial charge in [-0.15, -0.1) is 0 Å². The molecule has 2 heterocycles. The van der Waals surface area contributed by atoms with Gasteiger partial charge in [-0.1, -0.05) is 24.0 Å². The van der Waals surface area contributed by atoms with Gasteiger partial charge in [0.25, 0.3) is 5.91 Å². The van der Waals surface area contributed by atoms with E-state index in [0.717, 1.165) is 5.69 Å². The first-order valence-electron chi connectivity index (χ1n) is 4.87. The molecule has 84 valence electrons. The molecule has 0 bridgehead atoms. The van der Waals surface area contributed by atoms with Crippen molar-refractivity contribution in [1.82, 2.24) is 14.7 Å². The number of amides is 1. The molecule has 1 amide bonds. The van der Waals surface area contributed by atoms with Crippen LogP contribution in [0, 0.1) is 0 Å². The lowest BCUT2D eigenvalue weighted by molar-refractivity contribution is -0.121. The third-order valence-corrected chi connectivity index (χ3v) is 3.71. The molecule has 4 nitrogen and oxygen atoms in total. The van der Waals surface area contributed by atoms with Crippen LogP contribution in [0.2, 0.25) is 0 Å². The Bertz CT molecular complexity index is 478. The Hall–Kier alpha value is -1.14. The van der Waals surface area contributed by atoms with E-state index in [4.69, 9.17) is 12.2 Å². The van der Waals surface area contributed by atoms with Crippen LogP contribution in [0.3, 0.4) is 0 Å². The van der Waals surface area contributed by atoms with Crippen LogP contribution in [0.15, 0.2) is 17.2 Å². The quantitative estimate of drug-likeness (QED) is 0.593. The first-order valence-corrected chi connectivity index (χ1v) is 6.09. The molecule has 0 spiro atoms. The molecular formula is C10H11N3OS2. The normalized spacial score (nSPS) is 18.9. The largest absolute Gasteiger partial charge is 0.293 e. The van der Waals surface area contributed by atoms with Crippen molar-refractivity contribution in [3.8, 4) is 0 Å². The minimum Gasteiger partial charge on any atom is -0.293 e. The first kappa shape index (κ1) is 11.3. The van der Waals surface area contributed by atoms with Crippen molar-refractivity contribution in [1.29, 1.82) is 0 Å². The summed E-state index contributed by atoms with van der Waals surface area (Å²) in [4.78, 5) is 14.2. The summed E-state index contributed by atoms with van der Waals surface area (Å²) in [5.41, 5.74) is 0.900. The highest BCUT2D eigenvalue weighted by atomic mass is 32.2. The molecule has 0 aromatic carbocycles. The van der Waals surface area contributed by atoms with Gasteiger partial charge in [-0.3, -0.25) is 14.4 Å². The molecule has 6 heteroatoms. The van der Waals surface area contributed by atoms with Crippen molar-refractivity contribution in [2.24, 2.45) is 7.05 Å². The predicted octanol–water partition coefficient (Wildman–Crippen LogP) is 1.64. The molecule has 1 fully saturated rings. The Labute approximate surface area is 103 Å². The van der Waals surface area contributed by atoms with Crippen LogP contribution in [0.5, 0.6) is 0 Å². The van der Waals surface area contributed by atoms with E-state index < -0.39 is 0 Å². The second-order valence-electron chi connectivity index (χ2n) is 3.31. The van der Waals surface area contributed by atoms with Gasteiger partial charge in [-0.05, 0) is 19.1 Å². The fraction of sp³-hybridized carbons (Fsp3) is 0.300. The minimum absolute atomic E-state index is 0.0151. The summed E-state index contributed by atoms with van der Waals surface area (Å²) in [6.07, 6.45) is 3.52. The number of thioether (sulfide) groups is 1.